The van der Waals surface area contributed by atoms with Crippen molar-refractivity contribution >= 4 is 9.05 Å². The smallest absolute Gasteiger partial charge is 0.367 e. The Balaban J connectivity index is 3.16. The summed E-state index contributed by atoms with van der Waals surface area (Å²) in [6, 6.07) is 0. The minimum atomic E-state index is -3.99. The molecule has 0 bridgehead atoms. The van der Waals surface area contributed by atoms with Gasteiger partial charge in [-0.3, -0.25) is 0 Å². The van der Waals surface area contributed by atoms with E-state index in [2.05, 4.69) is 8.85 Å². The highest BCUT2D eigenvalue weighted by Gasteiger charge is 2.40. The number of rotatable bonds is 7. The van der Waals surface area contributed by atoms with E-state index in [-0.39, 0.29) is 6.42 Å². The van der Waals surface area contributed by atoms with Crippen molar-refractivity contribution in [3.05, 3.63) is 34.6 Å². The molecule has 22 heavy (non-hydrogen) atoms. The van der Waals surface area contributed by atoms with Gasteiger partial charge in [-0.2, -0.15) is 0 Å². The molecule has 0 aliphatic rings. The zero-order valence-electron chi connectivity index (χ0n) is 12.1. The van der Waals surface area contributed by atoms with Gasteiger partial charge in [-0.05, 0) is 6.42 Å². The molecule has 0 aliphatic carbocycles. The van der Waals surface area contributed by atoms with Crippen molar-refractivity contribution in [2.45, 2.75) is 19.3 Å². The lowest BCUT2D eigenvalue weighted by atomic mass is 9.95. The summed E-state index contributed by atoms with van der Waals surface area (Å²) in [5.74, 6) is -11.3. The molecule has 1 atom stereocenters. The lowest BCUT2D eigenvalue weighted by molar-refractivity contribution is 0.0182. The van der Waals surface area contributed by atoms with Crippen LogP contribution < -0.4 is 0 Å². The van der Waals surface area contributed by atoms with Gasteiger partial charge in [-0.1, -0.05) is 6.92 Å². The Hall–Kier alpha value is -1.07. The second kappa shape index (κ2) is 7.46. The maximum absolute atomic E-state index is 13.7. The first-order valence-electron chi connectivity index (χ1n) is 6.20. The van der Waals surface area contributed by atoms with Gasteiger partial charge in [0.25, 0.3) is 0 Å². The second-order valence-electron chi connectivity index (χ2n) is 4.33. The van der Waals surface area contributed by atoms with Crippen LogP contribution in [-0.4, -0.2) is 34.7 Å². The quantitative estimate of drug-likeness (QED) is 0.357. The van der Waals surface area contributed by atoms with E-state index in [1.165, 1.54) is 6.92 Å². The first-order valence-corrected chi connectivity index (χ1v) is 7.87. The van der Waals surface area contributed by atoms with Crippen molar-refractivity contribution < 1.29 is 40.0 Å². The molecule has 0 aromatic heterocycles. The summed E-state index contributed by atoms with van der Waals surface area (Å²) in [5.41, 5.74) is -0.998. The van der Waals surface area contributed by atoms with E-state index in [9.17, 15) is 26.7 Å². The van der Waals surface area contributed by atoms with Crippen molar-refractivity contribution in [2.75, 3.05) is 20.8 Å². The van der Waals surface area contributed by atoms with Gasteiger partial charge >= 0.3 is 9.05 Å². The fourth-order valence-corrected chi connectivity index (χ4v) is 2.61. The van der Waals surface area contributed by atoms with Crippen LogP contribution in [0.1, 0.15) is 24.8 Å². The average molecular weight is 346 g/mol. The summed E-state index contributed by atoms with van der Waals surface area (Å²) in [5, 5.41) is 0. The molecule has 10 heteroatoms. The van der Waals surface area contributed by atoms with Crippen molar-refractivity contribution in [1.29, 1.82) is 0 Å². The van der Waals surface area contributed by atoms with Crippen LogP contribution in [-0.2, 0) is 13.3 Å². The molecule has 0 heterocycles. The monoisotopic (exact) mass is 346 g/mol. The molecule has 0 saturated heterocycles. The largest absolute Gasteiger partial charge is 0.676 e. The Morgan fingerprint density at radius 1 is 0.909 bits per heavy atom. The first-order chi connectivity index (χ1) is 10.2. The Morgan fingerprint density at radius 2 is 1.32 bits per heavy atom. The number of hydrogen-bond donors (Lipinski definition) is 1. The third-order valence-corrected chi connectivity index (χ3v) is 4.69. The second-order valence-corrected chi connectivity index (χ2v) is 6.48. The third-order valence-electron chi connectivity index (χ3n) is 3.13. The molecule has 0 aliphatic heterocycles. The topological polar surface area (TPSA) is 47.9 Å². The zero-order chi connectivity index (χ0) is 17.1. The van der Waals surface area contributed by atoms with Crippen molar-refractivity contribution in [2.24, 2.45) is 0 Å². The predicted octanol–water partition coefficient (Wildman–Crippen LogP) is 2.61. The third kappa shape index (κ3) is 3.63. The van der Waals surface area contributed by atoms with Crippen LogP contribution in [0.5, 0.6) is 0 Å². The standard InChI is InChI=1S/C12H15F5O4Si/c1-4-6(5-21-22(18,19-2)20-3)7-8(13)10(15)12(17)11(16)9(7)14/h6,18H,4-5H2,1-3H3. The van der Waals surface area contributed by atoms with Gasteiger partial charge in [0, 0.05) is 32.3 Å². The molecule has 0 spiro atoms. The van der Waals surface area contributed by atoms with Gasteiger partial charge in [-0.25, -0.2) is 22.0 Å². The number of benzene rings is 1. The van der Waals surface area contributed by atoms with E-state index in [4.69, 9.17) is 4.43 Å². The first kappa shape index (κ1) is 19.0. The predicted molar refractivity (Wildman–Crippen MR) is 67.2 cm³/mol. The van der Waals surface area contributed by atoms with Crippen LogP contribution in [0.15, 0.2) is 0 Å². The van der Waals surface area contributed by atoms with Crippen molar-refractivity contribution in [1.82, 2.24) is 0 Å². The molecule has 1 aromatic rings. The van der Waals surface area contributed by atoms with E-state index in [1.54, 1.807) is 0 Å². The highest BCUT2D eigenvalue weighted by Crippen LogP contribution is 2.31. The molecule has 126 valence electrons. The van der Waals surface area contributed by atoms with E-state index < -0.39 is 56.2 Å². The summed E-state index contributed by atoms with van der Waals surface area (Å²) in [6.07, 6.45) is -0.00371. The summed E-state index contributed by atoms with van der Waals surface area (Å²) >= 11 is 0. The Bertz CT molecular complexity index is 510. The Labute approximate surface area is 124 Å². The highest BCUT2D eigenvalue weighted by molar-refractivity contribution is 6.51. The fraction of sp³-hybridized carbons (Fsp3) is 0.500. The van der Waals surface area contributed by atoms with Gasteiger partial charge in [0.15, 0.2) is 23.3 Å². The van der Waals surface area contributed by atoms with Crippen molar-refractivity contribution in [3.8, 4) is 0 Å². The van der Waals surface area contributed by atoms with Crippen LogP contribution in [0.4, 0.5) is 22.0 Å². The lowest BCUT2D eigenvalue weighted by Gasteiger charge is -2.23. The molecular weight excluding hydrogens is 331 g/mol. The highest BCUT2D eigenvalue weighted by atomic mass is 28.4. The van der Waals surface area contributed by atoms with Crippen LogP contribution in [0.25, 0.3) is 0 Å². The number of halogens is 5. The zero-order valence-corrected chi connectivity index (χ0v) is 13.1. The van der Waals surface area contributed by atoms with E-state index in [0.29, 0.717) is 0 Å². The van der Waals surface area contributed by atoms with Crippen LogP contribution in [0.2, 0.25) is 0 Å². The molecule has 1 unspecified atom stereocenters. The van der Waals surface area contributed by atoms with Gasteiger partial charge in [0.05, 0.1) is 0 Å². The minimum absolute atomic E-state index is 0.00371. The summed E-state index contributed by atoms with van der Waals surface area (Å²) in [4.78, 5) is 9.69. The molecule has 1 rings (SSSR count). The molecule has 0 amide bonds. The molecule has 0 saturated carbocycles. The summed E-state index contributed by atoms with van der Waals surface area (Å²) < 4.78 is 81.0. The van der Waals surface area contributed by atoms with E-state index >= 15 is 0 Å². The average Bonchev–Trinajstić information content (AvgIpc) is 2.53. The SMILES string of the molecule is CCC(CO[Si](O)(OC)OC)c1c(F)c(F)c(F)c(F)c1F. The molecule has 0 fully saturated rings. The normalized spacial score (nSPS) is 13.5. The van der Waals surface area contributed by atoms with Gasteiger partial charge in [0.1, 0.15) is 0 Å². The minimum Gasteiger partial charge on any atom is -0.367 e. The summed E-state index contributed by atoms with van der Waals surface area (Å²) in [6.45, 7) is 0.922. The van der Waals surface area contributed by atoms with Crippen LogP contribution >= 0.6 is 0 Å². The lowest BCUT2D eigenvalue weighted by Crippen LogP contribution is -2.45. The van der Waals surface area contributed by atoms with Crippen molar-refractivity contribution in [3.63, 3.8) is 0 Å². The van der Waals surface area contributed by atoms with E-state index in [1.807, 2.05) is 0 Å². The van der Waals surface area contributed by atoms with Gasteiger partial charge < -0.3 is 18.1 Å². The maximum Gasteiger partial charge on any atom is 0.676 e. The maximum atomic E-state index is 13.7. The fourth-order valence-electron chi connectivity index (χ4n) is 1.79. The van der Waals surface area contributed by atoms with Crippen LogP contribution in [0.3, 0.4) is 0 Å². The molecular formula is C12H15F5O4Si. The molecule has 0 radical (unpaired) electrons. The molecule has 4 nitrogen and oxygen atoms in total. The number of hydrogen-bond acceptors (Lipinski definition) is 4. The van der Waals surface area contributed by atoms with Gasteiger partial charge in [-0.15, -0.1) is 0 Å². The molecule has 1 N–H and O–H groups in total. The van der Waals surface area contributed by atoms with E-state index in [0.717, 1.165) is 14.2 Å². The molecule has 1 aromatic carbocycles. The summed E-state index contributed by atoms with van der Waals surface area (Å²) in [7, 11) is -1.80. The van der Waals surface area contributed by atoms with Gasteiger partial charge in [0.2, 0.25) is 5.82 Å². The van der Waals surface area contributed by atoms with Crippen LogP contribution in [0, 0.1) is 29.1 Å². The Kier molecular flexibility index (Phi) is 6.44. The Morgan fingerprint density at radius 3 is 1.68 bits per heavy atom.